The van der Waals surface area contributed by atoms with Gasteiger partial charge in [-0.05, 0) is 55.3 Å². The van der Waals surface area contributed by atoms with Gasteiger partial charge in [-0.25, -0.2) is 17.6 Å². The summed E-state index contributed by atoms with van der Waals surface area (Å²) in [7, 11) is -2.09. The van der Waals surface area contributed by atoms with Crippen molar-refractivity contribution >= 4 is 22.0 Å². The second-order valence-electron chi connectivity index (χ2n) is 11.9. The number of nitrogens with zero attached hydrogens (tertiary/aromatic N) is 4. The number of amides is 3. The van der Waals surface area contributed by atoms with E-state index in [0.29, 0.717) is 17.7 Å². The Morgan fingerprint density at radius 3 is 1.76 bits per heavy atom. The van der Waals surface area contributed by atoms with Crippen LogP contribution in [0, 0.1) is 5.82 Å². The van der Waals surface area contributed by atoms with E-state index >= 15 is 0 Å². The summed E-state index contributed by atoms with van der Waals surface area (Å²) >= 11 is 0. The Morgan fingerprint density at radius 1 is 0.800 bits per heavy atom. The van der Waals surface area contributed by atoms with Gasteiger partial charge >= 0.3 is 18.4 Å². The summed E-state index contributed by atoms with van der Waals surface area (Å²) in [6.45, 7) is 2.91. The molecule has 45 heavy (non-hydrogen) atoms. The van der Waals surface area contributed by atoms with Gasteiger partial charge in [-0.2, -0.15) is 30.6 Å². The second kappa shape index (κ2) is 12.1. The first-order chi connectivity index (χ1) is 20.6. The molecule has 2 aliphatic heterocycles. The minimum atomic E-state index is -5.10. The molecule has 0 spiro atoms. The molecule has 0 aliphatic carbocycles. The fourth-order valence-corrected chi connectivity index (χ4v) is 6.64. The molecule has 0 N–H and O–H groups in total. The lowest BCUT2D eigenvalue weighted by Crippen LogP contribution is -2.54. The molecular weight excluding hydrogens is 633 g/mol. The summed E-state index contributed by atoms with van der Waals surface area (Å²) in [5.74, 6) is -1.90. The average molecular weight is 667 g/mol. The lowest BCUT2D eigenvalue weighted by Gasteiger charge is -2.37. The van der Waals surface area contributed by atoms with E-state index in [4.69, 9.17) is 0 Å². The number of likely N-dealkylation sites (tertiary alicyclic amines) is 1. The lowest BCUT2D eigenvalue weighted by molar-refractivity contribution is -0.144. The van der Waals surface area contributed by atoms with Crippen LogP contribution < -0.4 is 0 Å². The van der Waals surface area contributed by atoms with Gasteiger partial charge in [0, 0.05) is 52.2 Å². The Kier molecular flexibility index (Phi) is 9.25. The molecule has 2 heterocycles. The highest BCUT2D eigenvalue weighted by molar-refractivity contribution is 7.88. The summed E-state index contributed by atoms with van der Waals surface area (Å²) in [6, 6.07) is 5.21. The zero-order valence-corrected chi connectivity index (χ0v) is 25.7. The predicted octanol–water partition coefficient (Wildman–Crippen LogP) is 4.76. The zero-order chi connectivity index (χ0) is 33.7. The number of carbonyl (C=O) groups is 2. The molecule has 248 valence electrons. The van der Waals surface area contributed by atoms with Crippen molar-refractivity contribution in [2.45, 2.75) is 43.6 Å². The van der Waals surface area contributed by atoms with Crippen molar-refractivity contribution in [2.24, 2.45) is 0 Å². The molecule has 0 saturated carbocycles. The molecule has 8 nitrogen and oxygen atoms in total. The van der Waals surface area contributed by atoms with Crippen LogP contribution in [-0.4, -0.2) is 98.0 Å². The van der Waals surface area contributed by atoms with Gasteiger partial charge in [0.25, 0.3) is 0 Å². The maximum absolute atomic E-state index is 13.9. The molecule has 4 rings (SSSR count). The Morgan fingerprint density at radius 2 is 1.29 bits per heavy atom. The Hall–Kier alpha value is -3.40. The van der Waals surface area contributed by atoms with Crippen molar-refractivity contribution in [3.63, 3.8) is 0 Å². The van der Waals surface area contributed by atoms with Crippen LogP contribution in [0.1, 0.15) is 42.0 Å². The lowest BCUT2D eigenvalue weighted by atomic mass is 9.80. The highest BCUT2D eigenvalue weighted by Crippen LogP contribution is 2.40. The van der Waals surface area contributed by atoms with Crippen LogP contribution in [0.5, 0.6) is 0 Å². The summed E-state index contributed by atoms with van der Waals surface area (Å²) < 4.78 is 120. The first kappa shape index (κ1) is 34.5. The van der Waals surface area contributed by atoms with Crippen LogP contribution >= 0.6 is 0 Å². The zero-order valence-electron chi connectivity index (χ0n) is 24.9. The monoisotopic (exact) mass is 666 g/mol. The number of carbonyl (C=O) groups excluding carboxylic acids is 2. The Labute approximate surface area is 256 Å². The minimum absolute atomic E-state index is 0.00542. The molecule has 0 bridgehead atoms. The summed E-state index contributed by atoms with van der Waals surface area (Å²) in [5.41, 5.74) is -4.88. The molecule has 2 fully saturated rings. The second-order valence-corrected chi connectivity index (χ2v) is 13.9. The first-order valence-corrected chi connectivity index (χ1v) is 15.8. The molecule has 2 aromatic rings. The highest BCUT2D eigenvalue weighted by atomic mass is 32.2. The van der Waals surface area contributed by atoms with Gasteiger partial charge < -0.3 is 14.7 Å². The third-order valence-electron chi connectivity index (χ3n) is 8.50. The third kappa shape index (κ3) is 7.37. The molecule has 16 heteroatoms. The van der Waals surface area contributed by atoms with Crippen LogP contribution in [0.4, 0.5) is 35.5 Å². The SMILES string of the molecule is CN(C(=O)C(C)(C)c1cc(C(F)(F)F)cc(C(F)(F)F)c1)[C@@H]1CN(C(=O)N2CCN(S(C)(=O)=O)CC2)C[C@H]1c1ccc(F)cc1. The van der Waals surface area contributed by atoms with E-state index in [1.165, 1.54) is 64.2 Å². The van der Waals surface area contributed by atoms with Gasteiger partial charge in [-0.1, -0.05) is 12.1 Å². The maximum Gasteiger partial charge on any atom is 0.416 e. The van der Waals surface area contributed by atoms with Crippen molar-refractivity contribution in [3.8, 4) is 0 Å². The molecule has 2 saturated heterocycles. The molecule has 0 radical (unpaired) electrons. The quantitative estimate of drug-likeness (QED) is 0.431. The number of benzene rings is 2. The van der Waals surface area contributed by atoms with E-state index in [2.05, 4.69) is 0 Å². The number of hydrogen-bond donors (Lipinski definition) is 0. The highest BCUT2D eigenvalue weighted by Gasteiger charge is 2.46. The molecule has 0 aromatic heterocycles. The smallest absolute Gasteiger partial charge is 0.340 e. The molecule has 0 unspecified atom stereocenters. The van der Waals surface area contributed by atoms with Gasteiger partial charge in [-0.15, -0.1) is 0 Å². The summed E-state index contributed by atoms with van der Waals surface area (Å²) in [5, 5.41) is 0. The Balaban J connectivity index is 1.64. The number of rotatable bonds is 5. The van der Waals surface area contributed by atoms with Crippen molar-refractivity contribution < 1.29 is 48.7 Å². The van der Waals surface area contributed by atoms with E-state index in [1.807, 2.05) is 0 Å². The van der Waals surface area contributed by atoms with Gasteiger partial charge in [0.2, 0.25) is 15.9 Å². The van der Waals surface area contributed by atoms with E-state index in [0.717, 1.165) is 6.26 Å². The Bertz CT molecular complexity index is 1500. The number of hydrogen-bond acceptors (Lipinski definition) is 4. The maximum atomic E-state index is 13.9. The first-order valence-electron chi connectivity index (χ1n) is 13.9. The molecule has 2 aliphatic rings. The number of urea groups is 1. The number of piperazine rings is 1. The number of alkyl halides is 6. The fraction of sp³-hybridized carbons (Fsp3) is 0.517. The van der Waals surface area contributed by atoms with Crippen LogP contribution in [0.3, 0.4) is 0 Å². The average Bonchev–Trinajstić information content (AvgIpc) is 3.40. The van der Waals surface area contributed by atoms with Gasteiger partial charge in [-0.3, -0.25) is 4.79 Å². The van der Waals surface area contributed by atoms with Crippen LogP contribution in [0.25, 0.3) is 0 Å². The number of likely N-dealkylation sites (N-methyl/N-ethyl adjacent to an activating group) is 1. The molecule has 2 atom stereocenters. The third-order valence-corrected chi connectivity index (χ3v) is 9.80. The minimum Gasteiger partial charge on any atom is -0.340 e. The van der Waals surface area contributed by atoms with Crippen LogP contribution in [-0.2, 0) is 32.6 Å². The molecule has 2 aromatic carbocycles. The predicted molar refractivity (Wildman–Crippen MR) is 150 cm³/mol. The molecular formula is C29H33F7N4O4S. The van der Waals surface area contributed by atoms with Crippen molar-refractivity contribution in [1.82, 2.24) is 19.0 Å². The van der Waals surface area contributed by atoms with E-state index in [-0.39, 0.29) is 45.3 Å². The van der Waals surface area contributed by atoms with E-state index in [9.17, 15) is 48.7 Å². The number of sulfonamides is 1. The normalized spacial score (nSPS) is 20.4. The van der Waals surface area contributed by atoms with Crippen molar-refractivity contribution in [1.29, 1.82) is 0 Å². The van der Waals surface area contributed by atoms with Gasteiger partial charge in [0.05, 0.1) is 28.8 Å². The van der Waals surface area contributed by atoms with Crippen molar-refractivity contribution in [3.05, 3.63) is 70.5 Å². The fourth-order valence-electron chi connectivity index (χ4n) is 5.81. The largest absolute Gasteiger partial charge is 0.416 e. The van der Waals surface area contributed by atoms with Crippen molar-refractivity contribution in [2.75, 3.05) is 52.6 Å². The molecule has 3 amide bonds. The van der Waals surface area contributed by atoms with Crippen LogP contribution in [0.2, 0.25) is 0 Å². The standard InChI is InChI=1S/C29H33F7N4O4S/c1-27(2,19-13-20(28(31,32)33)15-21(14-19)29(34,35)36)25(41)37(3)24-17-39(16-23(24)18-5-7-22(30)8-6-18)26(42)38-9-11-40(12-10-38)45(4,43)44/h5-8,13-15,23-24H,9-12,16-17H2,1-4H3/t23-,24+/m0/s1. The van der Waals surface area contributed by atoms with Crippen LogP contribution in [0.15, 0.2) is 42.5 Å². The van der Waals surface area contributed by atoms with E-state index < -0.39 is 74.2 Å². The number of halogens is 7. The summed E-state index contributed by atoms with van der Waals surface area (Å²) in [4.78, 5) is 31.6. The topological polar surface area (TPSA) is 81.2 Å². The van der Waals surface area contributed by atoms with Gasteiger partial charge in [0.15, 0.2) is 0 Å². The summed E-state index contributed by atoms with van der Waals surface area (Å²) in [6.07, 6.45) is -9.14. The van der Waals surface area contributed by atoms with E-state index in [1.54, 1.807) is 0 Å². The van der Waals surface area contributed by atoms with Gasteiger partial charge in [0.1, 0.15) is 5.82 Å².